The Morgan fingerprint density at radius 3 is 2.82 bits per heavy atom. The zero-order chi connectivity index (χ0) is 19.9. The van der Waals surface area contributed by atoms with Crippen LogP contribution < -0.4 is 5.32 Å². The van der Waals surface area contributed by atoms with Gasteiger partial charge in [-0.1, -0.05) is 24.1 Å². The molecular weight excluding hydrogens is 374 g/mol. The smallest absolute Gasteiger partial charge is 0.323 e. The van der Waals surface area contributed by atoms with Crippen molar-refractivity contribution in [3.05, 3.63) is 45.9 Å². The van der Waals surface area contributed by atoms with Gasteiger partial charge in [-0.25, -0.2) is 4.98 Å². The second kappa shape index (κ2) is 9.80. The average molecular weight is 402 g/mol. The third-order valence-corrected chi connectivity index (χ3v) is 5.68. The number of benzene rings is 1. The summed E-state index contributed by atoms with van der Waals surface area (Å²) in [6.07, 6.45) is 3.20. The molecule has 1 aliphatic heterocycles. The van der Waals surface area contributed by atoms with Crippen molar-refractivity contribution in [3.63, 3.8) is 0 Å². The maximum atomic E-state index is 12.3. The van der Waals surface area contributed by atoms with E-state index in [2.05, 4.69) is 15.2 Å². The standard InChI is InChI=1S/C21H27N3O3S/c1-3-27-21(26)18-6-4-5-11-24(18)13-17-14-28-20(23-17)12-19(25)22-16-9-7-15(2)8-10-16/h7-10,14,18H,3-6,11-13H2,1-2H3,(H,22,25). The molecule has 1 atom stereocenters. The van der Waals surface area contributed by atoms with Crippen LogP contribution in [0.4, 0.5) is 5.69 Å². The molecule has 0 radical (unpaired) electrons. The van der Waals surface area contributed by atoms with Crippen LogP contribution in [0.1, 0.15) is 42.5 Å². The number of nitrogens with one attached hydrogen (secondary N) is 1. The van der Waals surface area contributed by atoms with E-state index in [-0.39, 0.29) is 24.3 Å². The molecule has 6 nitrogen and oxygen atoms in total. The Kier molecular flexibility index (Phi) is 7.17. The number of hydrogen-bond acceptors (Lipinski definition) is 6. The van der Waals surface area contributed by atoms with E-state index in [9.17, 15) is 9.59 Å². The predicted molar refractivity (Wildman–Crippen MR) is 110 cm³/mol. The van der Waals surface area contributed by atoms with Gasteiger partial charge < -0.3 is 10.1 Å². The van der Waals surface area contributed by atoms with Crippen LogP contribution in [0.2, 0.25) is 0 Å². The van der Waals surface area contributed by atoms with Gasteiger partial charge in [-0.05, 0) is 45.4 Å². The number of anilines is 1. The summed E-state index contributed by atoms with van der Waals surface area (Å²) in [5, 5.41) is 5.66. The molecule has 1 unspecified atom stereocenters. The summed E-state index contributed by atoms with van der Waals surface area (Å²) in [6, 6.07) is 7.54. The summed E-state index contributed by atoms with van der Waals surface area (Å²) in [5.74, 6) is -0.220. The topological polar surface area (TPSA) is 71.5 Å². The SMILES string of the molecule is CCOC(=O)C1CCCCN1Cc1csc(CC(=O)Nc2ccc(C)cc2)n1. The molecule has 2 aromatic rings. The van der Waals surface area contributed by atoms with Gasteiger partial charge in [-0.2, -0.15) is 0 Å². The number of aryl methyl sites for hydroxylation is 1. The fraction of sp³-hybridized carbons (Fsp3) is 0.476. The molecular formula is C21H27N3O3S. The number of carbonyl (C=O) groups excluding carboxylic acids is 2. The maximum absolute atomic E-state index is 12.3. The highest BCUT2D eigenvalue weighted by molar-refractivity contribution is 7.09. The number of hydrogen-bond donors (Lipinski definition) is 1. The van der Waals surface area contributed by atoms with Crippen molar-refractivity contribution < 1.29 is 14.3 Å². The van der Waals surface area contributed by atoms with Gasteiger partial charge in [0, 0.05) is 17.6 Å². The van der Waals surface area contributed by atoms with Crippen molar-refractivity contribution in [2.75, 3.05) is 18.5 Å². The van der Waals surface area contributed by atoms with Gasteiger partial charge in [0.25, 0.3) is 0 Å². The molecule has 0 aliphatic carbocycles. The highest BCUT2D eigenvalue weighted by Crippen LogP contribution is 2.22. The number of aromatic nitrogens is 1. The summed E-state index contributed by atoms with van der Waals surface area (Å²) in [7, 11) is 0. The first-order valence-corrected chi connectivity index (χ1v) is 10.6. The Hall–Kier alpha value is -2.25. The van der Waals surface area contributed by atoms with E-state index in [1.807, 2.05) is 43.5 Å². The van der Waals surface area contributed by atoms with Crippen LogP contribution in [-0.4, -0.2) is 41.0 Å². The minimum absolute atomic E-state index is 0.0767. The van der Waals surface area contributed by atoms with Gasteiger partial charge in [-0.3, -0.25) is 14.5 Å². The van der Waals surface area contributed by atoms with Crippen LogP contribution in [0.5, 0.6) is 0 Å². The fourth-order valence-electron chi connectivity index (χ4n) is 3.38. The average Bonchev–Trinajstić information content (AvgIpc) is 3.11. The van der Waals surface area contributed by atoms with Gasteiger partial charge in [0.05, 0.1) is 18.7 Å². The number of piperidine rings is 1. The molecule has 0 spiro atoms. The zero-order valence-corrected chi connectivity index (χ0v) is 17.3. The van der Waals surface area contributed by atoms with Gasteiger partial charge >= 0.3 is 5.97 Å². The van der Waals surface area contributed by atoms with Crippen molar-refractivity contribution in [3.8, 4) is 0 Å². The van der Waals surface area contributed by atoms with Crippen LogP contribution in [-0.2, 0) is 27.3 Å². The normalized spacial score (nSPS) is 17.3. The molecule has 1 fully saturated rings. The second-order valence-electron chi connectivity index (χ2n) is 7.06. The largest absolute Gasteiger partial charge is 0.465 e. The Bertz CT molecular complexity index is 803. The third kappa shape index (κ3) is 5.62. The molecule has 0 bridgehead atoms. The van der Waals surface area contributed by atoms with E-state index in [4.69, 9.17) is 4.74 Å². The predicted octanol–water partition coefficient (Wildman–Crippen LogP) is 3.55. The summed E-state index contributed by atoms with van der Waals surface area (Å²) < 4.78 is 5.22. The molecule has 1 N–H and O–H groups in total. The van der Waals surface area contributed by atoms with Gasteiger partial charge in [-0.15, -0.1) is 11.3 Å². The number of nitrogens with zero attached hydrogens (tertiary/aromatic N) is 2. The van der Waals surface area contributed by atoms with E-state index in [0.29, 0.717) is 13.2 Å². The fourth-order valence-corrected chi connectivity index (χ4v) is 4.16. The van der Waals surface area contributed by atoms with Crippen LogP contribution >= 0.6 is 11.3 Å². The van der Waals surface area contributed by atoms with Gasteiger partial charge in [0.15, 0.2) is 0 Å². The summed E-state index contributed by atoms with van der Waals surface area (Å²) in [5.41, 5.74) is 2.85. The minimum Gasteiger partial charge on any atom is -0.465 e. The minimum atomic E-state index is -0.191. The van der Waals surface area contributed by atoms with Gasteiger partial charge in [0.1, 0.15) is 11.0 Å². The first-order valence-electron chi connectivity index (χ1n) is 9.75. The van der Waals surface area contributed by atoms with Crippen LogP contribution in [0.15, 0.2) is 29.6 Å². The lowest BCUT2D eigenvalue weighted by Crippen LogP contribution is -2.45. The van der Waals surface area contributed by atoms with E-state index >= 15 is 0 Å². The number of esters is 1. The molecule has 1 aliphatic rings. The van der Waals surface area contributed by atoms with Crippen LogP contribution in [0.25, 0.3) is 0 Å². The number of thiazole rings is 1. The molecule has 1 saturated heterocycles. The number of rotatable bonds is 7. The second-order valence-corrected chi connectivity index (χ2v) is 8.00. The quantitative estimate of drug-likeness (QED) is 0.719. The van der Waals surface area contributed by atoms with E-state index in [0.717, 1.165) is 47.8 Å². The van der Waals surface area contributed by atoms with Crippen molar-refractivity contribution >= 4 is 28.9 Å². The highest BCUT2D eigenvalue weighted by atomic mass is 32.1. The van der Waals surface area contributed by atoms with Crippen molar-refractivity contribution in [1.29, 1.82) is 0 Å². The molecule has 1 aromatic heterocycles. The molecule has 150 valence electrons. The lowest BCUT2D eigenvalue weighted by atomic mass is 10.0. The maximum Gasteiger partial charge on any atom is 0.323 e. The van der Waals surface area contributed by atoms with Crippen LogP contribution in [0, 0.1) is 6.92 Å². The third-order valence-electron chi connectivity index (χ3n) is 4.78. The Labute approximate surface area is 169 Å². The Balaban J connectivity index is 1.56. The Morgan fingerprint density at radius 2 is 2.07 bits per heavy atom. The molecule has 1 amide bonds. The summed E-state index contributed by atoms with van der Waals surface area (Å²) >= 11 is 1.48. The van der Waals surface area contributed by atoms with Gasteiger partial charge in [0.2, 0.25) is 5.91 Å². The van der Waals surface area contributed by atoms with Crippen LogP contribution in [0.3, 0.4) is 0 Å². The molecule has 3 rings (SSSR count). The number of carbonyl (C=O) groups is 2. The number of likely N-dealkylation sites (tertiary alicyclic amines) is 1. The number of ether oxygens (including phenoxy) is 1. The lowest BCUT2D eigenvalue weighted by Gasteiger charge is -2.33. The van der Waals surface area contributed by atoms with Crippen molar-refractivity contribution in [2.45, 2.75) is 52.1 Å². The van der Waals surface area contributed by atoms with E-state index in [1.165, 1.54) is 11.3 Å². The number of amides is 1. The first kappa shape index (κ1) is 20.5. The highest BCUT2D eigenvalue weighted by Gasteiger charge is 2.30. The van der Waals surface area contributed by atoms with E-state index < -0.39 is 0 Å². The zero-order valence-electron chi connectivity index (χ0n) is 16.4. The molecule has 2 heterocycles. The molecule has 0 saturated carbocycles. The van der Waals surface area contributed by atoms with Crippen molar-refractivity contribution in [1.82, 2.24) is 9.88 Å². The summed E-state index contributed by atoms with van der Waals surface area (Å²) in [4.78, 5) is 31.2. The lowest BCUT2D eigenvalue weighted by molar-refractivity contribution is -0.151. The molecule has 28 heavy (non-hydrogen) atoms. The monoisotopic (exact) mass is 401 g/mol. The first-order chi connectivity index (χ1) is 13.5. The molecule has 7 heteroatoms. The van der Waals surface area contributed by atoms with Crippen molar-refractivity contribution in [2.24, 2.45) is 0 Å². The Morgan fingerprint density at radius 1 is 1.29 bits per heavy atom. The molecule has 1 aromatic carbocycles. The van der Waals surface area contributed by atoms with E-state index in [1.54, 1.807) is 0 Å². The summed E-state index contributed by atoms with van der Waals surface area (Å²) in [6.45, 7) is 5.72.